The van der Waals surface area contributed by atoms with Gasteiger partial charge >= 0.3 is 0 Å². The lowest BCUT2D eigenvalue weighted by atomic mass is 10.2. The zero-order valence-electron chi connectivity index (χ0n) is 19.0. The van der Waals surface area contributed by atoms with Crippen LogP contribution in [0.3, 0.4) is 0 Å². The Morgan fingerprint density at radius 2 is 1.32 bits per heavy atom. The van der Waals surface area contributed by atoms with E-state index in [1.807, 2.05) is 59.5 Å². The molecule has 2 amide bonds. The number of nitrogens with one attached hydrogen (secondary N) is 2. The largest absolute Gasteiger partial charge is 0.490 e. The molecule has 34 heavy (non-hydrogen) atoms. The Morgan fingerprint density at radius 1 is 0.735 bits per heavy atom. The Balaban J connectivity index is 1.16. The Morgan fingerprint density at radius 3 is 1.97 bits per heavy atom. The second kappa shape index (κ2) is 11.7. The lowest BCUT2D eigenvalue weighted by Crippen LogP contribution is -2.27. The van der Waals surface area contributed by atoms with Crippen LogP contribution < -0.4 is 20.1 Å². The molecular weight excluding hydrogens is 430 g/mol. The Labute approximate surface area is 199 Å². The fourth-order valence-electron chi connectivity index (χ4n) is 3.69. The number of para-hydroxylation sites is 1. The summed E-state index contributed by atoms with van der Waals surface area (Å²) in [6, 6.07) is 24.0. The zero-order valence-corrected chi connectivity index (χ0v) is 19.0. The lowest BCUT2D eigenvalue weighted by Gasteiger charge is -2.15. The van der Waals surface area contributed by atoms with E-state index < -0.39 is 0 Å². The zero-order chi connectivity index (χ0) is 23.6. The molecule has 1 aliphatic rings. The van der Waals surface area contributed by atoms with Gasteiger partial charge in [-0.25, -0.2) is 0 Å². The molecule has 7 heteroatoms. The minimum absolute atomic E-state index is 0.0675. The Bertz CT molecular complexity index is 1060. The van der Waals surface area contributed by atoms with Crippen LogP contribution >= 0.6 is 0 Å². The van der Waals surface area contributed by atoms with Crippen molar-refractivity contribution in [2.45, 2.75) is 12.8 Å². The van der Waals surface area contributed by atoms with Gasteiger partial charge in [-0.15, -0.1) is 0 Å². The number of amides is 2. The van der Waals surface area contributed by atoms with Crippen LogP contribution in [-0.4, -0.2) is 49.6 Å². The molecule has 7 nitrogen and oxygen atoms in total. The first-order chi connectivity index (χ1) is 16.7. The molecule has 0 saturated carbocycles. The first-order valence-corrected chi connectivity index (χ1v) is 11.5. The van der Waals surface area contributed by atoms with Gasteiger partial charge in [0.2, 0.25) is 5.91 Å². The van der Waals surface area contributed by atoms with Crippen LogP contribution in [0.2, 0.25) is 0 Å². The summed E-state index contributed by atoms with van der Waals surface area (Å²) in [6.07, 6.45) is 2.14. The average molecular weight is 460 g/mol. The third-order valence-corrected chi connectivity index (χ3v) is 5.48. The summed E-state index contributed by atoms with van der Waals surface area (Å²) in [7, 11) is 0. The van der Waals surface area contributed by atoms with Crippen molar-refractivity contribution in [2.24, 2.45) is 0 Å². The predicted octanol–water partition coefficient (Wildman–Crippen LogP) is 4.43. The molecule has 3 aromatic carbocycles. The number of hydrogen-bond acceptors (Lipinski definition) is 5. The SMILES string of the molecule is O=C(CNc1ccc(C(=O)N2CCCC2)cc1)Nc1ccc(OCCOc2ccccc2)cc1. The number of hydrogen-bond donors (Lipinski definition) is 2. The number of carbonyl (C=O) groups excluding carboxylic acids is 2. The van der Waals surface area contributed by atoms with Crippen LogP contribution in [0.25, 0.3) is 0 Å². The maximum atomic E-state index is 12.4. The number of nitrogens with zero attached hydrogens (tertiary/aromatic N) is 1. The molecule has 0 unspecified atom stereocenters. The van der Waals surface area contributed by atoms with Crippen LogP contribution in [0.5, 0.6) is 11.5 Å². The van der Waals surface area contributed by atoms with Crippen molar-refractivity contribution < 1.29 is 19.1 Å². The predicted molar refractivity (Wildman–Crippen MR) is 133 cm³/mol. The van der Waals surface area contributed by atoms with Gasteiger partial charge in [-0.3, -0.25) is 9.59 Å². The third-order valence-electron chi connectivity index (χ3n) is 5.48. The summed E-state index contributed by atoms with van der Waals surface area (Å²) in [6.45, 7) is 2.65. The van der Waals surface area contributed by atoms with Crippen LogP contribution in [0.1, 0.15) is 23.2 Å². The highest BCUT2D eigenvalue weighted by atomic mass is 16.5. The van der Waals surface area contributed by atoms with Crippen molar-refractivity contribution in [3.05, 3.63) is 84.4 Å². The Hall–Kier alpha value is -4.00. The van der Waals surface area contributed by atoms with Crippen molar-refractivity contribution in [3.8, 4) is 11.5 Å². The first-order valence-electron chi connectivity index (χ1n) is 11.5. The van der Waals surface area contributed by atoms with Crippen LogP contribution in [0.4, 0.5) is 11.4 Å². The summed E-state index contributed by atoms with van der Waals surface area (Å²) < 4.78 is 11.3. The first kappa shape index (κ1) is 23.2. The van der Waals surface area contributed by atoms with E-state index in [1.54, 1.807) is 24.3 Å². The van der Waals surface area contributed by atoms with E-state index in [0.717, 1.165) is 37.4 Å². The summed E-state index contributed by atoms with van der Waals surface area (Å²) in [5.74, 6) is 1.42. The molecule has 0 aromatic heterocycles. The molecule has 3 aromatic rings. The van der Waals surface area contributed by atoms with Crippen LogP contribution in [-0.2, 0) is 4.79 Å². The highest BCUT2D eigenvalue weighted by Gasteiger charge is 2.19. The highest BCUT2D eigenvalue weighted by Crippen LogP contribution is 2.17. The molecule has 1 aliphatic heterocycles. The van der Waals surface area contributed by atoms with Gasteiger partial charge in [0.25, 0.3) is 5.91 Å². The maximum absolute atomic E-state index is 12.4. The van der Waals surface area contributed by atoms with Crippen LogP contribution in [0, 0.1) is 0 Å². The van der Waals surface area contributed by atoms with Crippen molar-refractivity contribution in [2.75, 3.05) is 43.5 Å². The third kappa shape index (κ3) is 6.75. The van der Waals surface area contributed by atoms with E-state index in [1.165, 1.54) is 0 Å². The lowest BCUT2D eigenvalue weighted by molar-refractivity contribution is -0.114. The van der Waals surface area contributed by atoms with E-state index in [-0.39, 0.29) is 18.4 Å². The number of rotatable bonds is 10. The Kier molecular flexibility index (Phi) is 8.00. The van der Waals surface area contributed by atoms with E-state index in [0.29, 0.717) is 30.2 Å². The van der Waals surface area contributed by atoms with Gasteiger partial charge in [-0.05, 0) is 73.5 Å². The van der Waals surface area contributed by atoms with Crippen molar-refractivity contribution in [3.63, 3.8) is 0 Å². The second-order valence-corrected chi connectivity index (χ2v) is 8.01. The number of carbonyl (C=O) groups is 2. The molecule has 4 rings (SSSR count). The molecule has 1 heterocycles. The minimum Gasteiger partial charge on any atom is -0.490 e. The minimum atomic E-state index is -0.165. The van der Waals surface area contributed by atoms with E-state index in [9.17, 15) is 9.59 Å². The van der Waals surface area contributed by atoms with Crippen LogP contribution in [0.15, 0.2) is 78.9 Å². The fraction of sp³-hybridized carbons (Fsp3) is 0.259. The molecule has 176 valence electrons. The molecule has 0 bridgehead atoms. The van der Waals surface area contributed by atoms with Crippen molar-refractivity contribution in [1.29, 1.82) is 0 Å². The summed E-state index contributed by atoms with van der Waals surface area (Å²) in [5, 5.41) is 5.94. The number of benzene rings is 3. The summed E-state index contributed by atoms with van der Waals surface area (Å²) in [4.78, 5) is 26.6. The molecular formula is C27H29N3O4. The van der Waals surface area contributed by atoms with E-state index in [2.05, 4.69) is 10.6 Å². The molecule has 0 aliphatic carbocycles. The monoisotopic (exact) mass is 459 g/mol. The van der Waals surface area contributed by atoms with Gasteiger partial charge in [0.05, 0.1) is 6.54 Å². The number of anilines is 2. The fourth-order valence-corrected chi connectivity index (χ4v) is 3.69. The van der Waals surface area contributed by atoms with Crippen molar-refractivity contribution >= 4 is 23.2 Å². The smallest absolute Gasteiger partial charge is 0.253 e. The van der Waals surface area contributed by atoms with E-state index in [4.69, 9.17) is 9.47 Å². The van der Waals surface area contributed by atoms with Gasteiger partial charge in [-0.1, -0.05) is 18.2 Å². The maximum Gasteiger partial charge on any atom is 0.253 e. The summed E-state index contributed by atoms with van der Waals surface area (Å²) >= 11 is 0. The normalized spacial score (nSPS) is 12.8. The van der Waals surface area contributed by atoms with Gasteiger partial charge in [0.15, 0.2) is 0 Å². The second-order valence-electron chi connectivity index (χ2n) is 8.01. The average Bonchev–Trinajstić information content (AvgIpc) is 3.42. The molecule has 0 spiro atoms. The topological polar surface area (TPSA) is 79.9 Å². The summed E-state index contributed by atoms with van der Waals surface area (Å²) in [5.41, 5.74) is 2.15. The molecule has 1 saturated heterocycles. The number of ether oxygens (including phenoxy) is 2. The van der Waals surface area contributed by atoms with Gasteiger partial charge in [0, 0.05) is 30.0 Å². The molecule has 2 N–H and O–H groups in total. The molecule has 0 radical (unpaired) electrons. The van der Waals surface area contributed by atoms with Gasteiger partial charge < -0.3 is 25.0 Å². The standard InChI is InChI=1S/C27H29N3O4/c31-26(20-28-22-10-8-21(9-11-22)27(32)30-16-4-5-17-30)29-23-12-14-25(15-13-23)34-19-18-33-24-6-2-1-3-7-24/h1-3,6-15,28H,4-5,16-20H2,(H,29,31). The quantitative estimate of drug-likeness (QED) is 0.439. The van der Waals surface area contributed by atoms with Gasteiger partial charge in [-0.2, -0.15) is 0 Å². The highest BCUT2D eigenvalue weighted by molar-refractivity contribution is 5.95. The number of likely N-dealkylation sites (tertiary alicyclic amines) is 1. The molecule has 1 fully saturated rings. The van der Waals surface area contributed by atoms with E-state index >= 15 is 0 Å². The van der Waals surface area contributed by atoms with Crippen molar-refractivity contribution in [1.82, 2.24) is 4.90 Å². The van der Waals surface area contributed by atoms with Gasteiger partial charge in [0.1, 0.15) is 24.7 Å². The molecule has 0 atom stereocenters.